The fraction of sp³-hybridized carbons (Fsp3) is 0.100. The molecule has 8 heteroatoms. The molecule has 0 saturated heterocycles. The van der Waals surface area contributed by atoms with Gasteiger partial charge in [0.1, 0.15) is 5.75 Å². The summed E-state index contributed by atoms with van der Waals surface area (Å²) in [7, 11) is -5.72. The average molecular weight is 280 g/mol. The van der Waals surface area contributed by atoms with E-state index in [9.17, 15) is 26.4 Å². The molecule has 0 amide bonds. The fourth-order valence-electron chi connectivity index (χ4n) is 1.06. The van der Waals surface area contributed by atoms with Crippen molar-refractivity contribution in [3.63, 3.8) is 0 Å². The smallest absolute Gasteiger partial charge is 0.376 e. The lowest BCUT2D eigenvalue weighted by molar-refractivity contribution is -0.0500. The third-order valence-corrected chi connectivity index (χ3v) is 2.87. The summed E-state index contributed by atoms with van der Waals surface area (Å²) in [5, 5.41) is 0. The highest BCUT2D eigenvalue weighted by Gasteiger charge is 2.48. The Bertz CT molecular complexity index is 575. The molecule has 0 atom stereocenters. The predicted molar refractivity (Wildman–Crippen MR) is 57.5 cm³/mol. The Morgan fingerprint density at radius 2 is 1.83 bits per heavy atom. The van der Waals surface area contributed by atoms with Gasteiger partial charge in [-0.05, 0) is 23.8 Å². The minimum absolute atomic E-state index is 0.154. The van der Waals surface area contributed by atoms with Crippen LogP contribution in [0.5, 0.6) is 5.75 Å². The lowest BCUT2D eigenvalue weighted by Gasteiger charge is -2.10. The molecule has 0 heterocycles. The second kappa shape index (κ2) is 4.81. The van der Waals surface area contributed by atoms with Gasteiger partial charge in [-0.2, -0.15) is 21.6 Å². The van der Waals surface area contributed by atoms with Crippen molar-refractivity contribution >= 4 is 22.5 Å². The summed E-state index contributed by atoms with van der Waals surface area (Å²) >= 11 is 0. The van der Waals surface area contributed by atoms with Crippen molar-refractivity contribution in [3.8, 4) is 5.75 Å². The molecular weight excluding hydrogens is 273 g/mol. The van der Waals surface area contributed by atoms with Crippen LogP contribution in [0.4, 0.5) is 13.2 Å². The molecule has 98 valence electrons. The van der Waals surface area contributed by atoms with Gasteiger partial charge in [-0.25, -0.2) is 0 Å². The number of halogens is 3. The Morgan fingerprint density at radius 1 is 1.22 bits per heavy atom. The van der Waals surface area contributed by atoms with Crippen molar-refractivity contribution in [2.24, 2.45) is 0 Å². The zero-order valence-corrected chi connectivity index (χ0v) is 9.59. The van der Waals surface area contributed by atoms with E-state index in [-0.39, 0.29) is 11.1 Å². The molecule has 0 radical (unpaired) electrons. The van der Waals surface area contributed by atoms with Gasteiger partial charge in [0.05, 0.1) is 0 Å². The lowest BCUT2D eigenvalue weighted by atomic mass is 10.1. The molecule has 0 N–H and O–H groups in total. The minimum atomic E-state index is -5.72. The Morgan fingerprint density at radius 3 is 2.28 bits per heavy atom. The first-order valence-electron chi connectivity index (χ1n) is 4.43. The van der Waals surface area contributed by atoms with Crippen LogP contribution >= 0.6 is 0 Å². The maximum atomic E-state index is 12.1. The number of rotatable bonds is 4. The summed E-state index contributed by atoms with van der Waals surface area (Å²) in [5.41, 5.74) is -5.19. The molecule has 1 rings (SSSR count). The number of carbonyl (C=O) groups excluding carboxylic acids is 1. The van der Waals surface area contributed by atoms with Crippen LogP contribution in [0.25, 0.3) is 6.08 Å². The first kappa shape index (κ1) is 14.2. The molecule has 18 heavy (non-hydrogen) atoms. The molecular formula is C10H7F3O4S. The van der Waals surface area contributed by atoms with E-state index in [4.69, 9.17) is 0 Å². The van der Waals surface area contributed by atoms with Gasteiger partial charge in [0, 0.05) is 5.56 Å². The van der Waals surface area contributed by atoms with Gasteiger partial charge < -0.3 is 4.18 Å². The third-order valence-electron chi connectivity index (χ3n) is 1.89. The predicted octanol–water partition coefficient (Wildman–Crippen LogP) is 2.37. The van der Waals surface area contributed by atoms with Crippen LogP contribution in [-0.2, 0) is 10.1 Å². The normalized spacial score (nSPS) is 11.9. The van der Waals surface area contributed by atoms with Crippen LogP contribution in [0.3, 0.4) is 0 Å². The Balaban J connectivity index is 3.15. The second-order valence-corrected chi connectivity index (χ2v) is 4.63. The second-order valence-electron chi connectivity index (χ2n) is 3.10. The molecule has 1 aromatic carbocycles. The van der Waals surface area contributed by atoms with Crippen LogP contribution in [0.2, 0.25) is 0 Å². The van der Waals surface area contributed by atoms with Crippen LogP contribution in [0.1, 0.15) is 15.9 Å². The number of aldehydes is 1. The van der Waals surface area contributed by atoms with Crippen molar-refractivity contribution in [3.05, 3.63) is 35.9 Å². The topological polar surface area (TPSA) is 60.4 Å². The van der Waals surface area contributed by atoms with E-state index < -0.39 is 21.4 Å². The zero-order chi connectivity index (χ0) is 14.0. The zero-order valence-electron chi connectivity index (χ0n) is 8.77. The third kappa shape index (κ3) is 2.89. The number of hydrogen-bond donors (Lipinski definition) is 0. The molecule has 0 aromatic heterocycles. The number of alkyl halides is 3. The molecule has 0 unspecified atom stereocenters. The summed E-state index contributed by atoms with van der Waals surface area (Å²) in [6, 6.07) is 3.05. The van der Waals surface area contributed by atoms with E-state index in [1.54, 1.807) is 0 Å². The number of carbonyl (C=O) groups is 1. The first-order chi connectivity index (χ1) is 8.21. The van der Waals surface area contributed by atoms with Gasteiger partial charge in [-0.3, -0.25) is 4.79 Å². The maximum Gasteiger partial charge on any atom is 0.534 e. The highest BCUT2D eigenvalue weighted by molar-refractivity contribution is 7.87. The van der Waals surface area contributed by atoms with Gasteiger partial charge in [-0.1, -0.05) is 12.7 Å². The van der Waals surface area contributed by atoms with Crippen LogP contribution in [-0.4, -0.2) is 20.2 Å². The SMILES string of the molecule is C=Cc1cc(OS(=O)(=O)C(F)(F)F)ccc1C=O. The number of benzene rings is 1. The van der Waals surface area contributed by atoms with E-state index in [0.29, 0.717) is 6.29 Å². The van der Waals surface area contributed by atoms with Gasteiger partial charge in [0.2, 0.25) is 0 Å². The molecule has 0 aliphatic carbocycles. The van der Waals surface area contributed by atoms with Crippen molar-refractivity contribution < 1.29 is 30.6 Å². The summed E-state index contributed by atoms with van der Waals surface area (Å²) in [6.45, 7) is 3.34. The van der Waals surface area contributed by atoms with Gasteiger partial charge in [0.25, 0.3) is 0 Å². The molecule has 0 fully saturated rings. The molecule has 0 aliphatic rings. The number of hydrogen-bond acceptors (Lipinski definition) is 4. The summed E-state index contributed by atoms with van der Waals surface area (Å²) in [4.78, 5) is 10.6. The summed E-state index contributed by atoms with van der Waals surface area (Å²) in [6.07, 6.45) is 1.65. The molecule has 1 aromatic rings. The van der Waals surface area contributed by atoms with E-state index in [1.165, 1.54) is 6.08 Å². The fourth-order valence-corrected chi connectivity index (χ4v) is 1.51. The van der Waals surface area contributed by atoms with Crippen molar-refractivity contribution in [1.29, 1.82) is 0 Å². The molecule has 0 bridgehead atoms. The first-order valence-corrected chi connectivity index (χ1v) is 5.84. The van der Waals surface area contributed by atoms with Crippen molar-refractivity contribution in [2.75, 3.05) is 0 Å². The largest absolute Gasteiger partial charge is 0.534 e. The average Bonchev–Trinajstić information content (AvgIpc) is 2.26. The monoisotopic (exact) mass is 280 g/mol. The Kier molecular flexibility index (Phi) is 3.80. The van der Waals surface area contributed by atoms with E-state index in [2.05, 4.69) is 10.8 Å². The highest BCUT2D eigenvalue weighted by atomic mass is 32.2. The lowest BCUT2D eigenvalue weighted by Crippen LogP contribution is -2.28. The molecule has 0 saturated carbocycles. The molecule has 4 nitrogen and oxygen atoms in total. The van der Waals surface area contributed by atoms with Crippen LogP contribution < -0.4 is 4.18 Å². The van der Waals surface area contributed by atoms with E-state index in [0.717, 1.165) is 18.2 Å². The van der Waals surface area contributed by atoms with E-state index in [1.807, 2.05) is 0 Å². The molecule has 0 spiro atoms. The van der Waals surface area contributed by atoms with Crippen LogP contribution in [0.15, 0.2) is 24.8 Å². The standard InChI is InChI=1S/C10H7F3O4S/c1-2-7-5-9(4-3-8(7)6-14)17-18(15,16)10(11,12)13/h2-6H,1H2. The Hall–Kier alpha value is -1.83. The molecule has 0 aliphatic heterocycles. The van der Waals surface area contributed by atoms with Crippen LogP contribution in [0, 0.1) is 0 Å². The summed E-state index contributed by atoms with van der Waals surface area (Å²) in [5.74, 6) is -0.548. The highest BCUT2D eigenvalue weighted by Crippen LogP contribution is 2.28. The van der Waals surface area contributed by atoms with Crippen molar-refractivity contribution in [2.45, 2.75) is 5.51 Å². The summed E-state index contributed by atoms with van der Waals surface area (Å²) < 4.78 is 61.5. The van der Waals surface area contributed by atoms with Crippen molar-refractivity contribution in [1.82, 2.24) is 0 Å². The minimum Gasteiger partial charge on any atom is -0.376 e. The van der Waals surface area contributed by atoms with Gasteiger partial charge >= 0.3 is 15.6 Å². The quantitative estimate of drug-likeness (QED) is 0.482. The van der Waals surface area contributed by atoms with E-state index >= 15 is 0 Å². The Labute approximate surface area is 101 Å². The van der Waals surface area contributed by atoms with Gasteiger partial charge in [-0.15, -0.1) is 0 Å². The maximum absolute atomic E-state index is 12.1. The van der Waals surface area contributed by atoms with Gasteiger partial charge in [0.15, 0.2) is 6.29 Å².